The van der Waals surface area contributed by atoms with E-state index in [0.717, 1.165) is 6.07 Å². The van der Waals surface area contributed by atoms with Gasteiger partial charge in [0.15, 0.2) is 5.65 Å². The van der Waals surface area contributed by atoms with E-state index in [1.807, 2.05) is 22.6 Å². The van der Waals surface area contributed by atoms with Gasteiger partial charge in [-0.1, -0.05) is 0 Å². The fourth-order valence-electron chi connectivity index (χ4n) is 2.28. The number of hydrogen-bond acceptors (Lipinski definition) is 3. The third-order valence-corrected chi connectivity index (χ3v) is 4.25. The zero-order valence-electron chi connectivity index (χ0n) is 12.0. The van der Waals surface area contributed by atoms with Crippen LogP contribution in [0.15, 0.2) is 36.5 Å². The average Bonchev–Trinajstić information content (AvgIpc) is 2.84. The van der Waals surface area contributed by atoms with Crippen molar-refractivity contribution in [1.82, 2.24) is 9.38 Å². The second-order valence-electron chi connectivity index (χ2n) is 4.75. The van der Waals surface area contributed by atoms with Gasteiger partial charge in [0, 0.05) is 17.8 Å². The molecule has 23 heavy (non-hydrogen) atoms. The molecule has 0 aliphatic carbocycles. The number of carbonyl (C=O) groups is 1. The number of fused-ring (bicyclic) bond motifs is 1. The second-order valence-corrected chi connectivity index (χ2v) is 5.77. The van der Waals surface area contributed by atoms with E-state index in [0.29, 0.717) is 26.2 Å². The van der Waals surface area contributed by atoms with E-state index in [2.05, 4.69) is 4.98 Å². The van der Waals surface area contributed by atoms with Crippen molar-refractivity contribution in [3.8, 4) is 11.3 Å². The van der Waals surface area contributed by atoms with Crippen LogP contribution < -0.4 is 0 Å². The van der Waals surface area contributed by atoms with Gasteiger partial charge in [0.25, 0.3) is 0 Å². The Kier molecular flexibility index (Phi) is 4.29. The van der Waals surface area contributed by atoms with Gasteiger partial charge in [0.1, 0.15) is 26.6 Å². The summed E-state index contributed by atoms with van der Waals surface area (Å²) in [5, 5.41) is 0. The monoisotopic (exact) mass is 428 g/mol. The number of rotatable bonds is 3. The van der Waals surface area contributed by atoms with Crippen LogP contribution >= 0.6 is 22.6 Å². The minimum Gasteiger partial charge on any atom is -0.462 e. The quantitative estimate of drug-likeness (QED) is 0.467. The van der Waals surface area contributed by atoms with Gasteiger partial charge in [-0.15, -0.1) is 0 Å². The molecule has 0 radical (unpaired) electrons. The Bertz CT molecular complexity index is 888. The maximum Gasteiger partial charge on any atom is 0.341 e. The number of carbonyl (C=O) groups excluding carboxylic acids is 1. The first-order chi connectivity index (χ1) is 11.0. The highest BCUT2D eigenvalue weighted by atomic mass is 127. The van der Waals surface area contributed by atoms with Crippen molar-refractivity contribution < 1.29 is 18.3 Å². The molecule has 0 amide bonds. The highest BCUT2D eigenvalue weighted by Gasteiger charge is 2.19. The Morgan fingerprint density at radius 2 is 2.00 bits per heavy atom. The van der Waals surface area contributed by atoms with E-state index in [1.54, 1.807) is 29.7 Å². The molecule has 0 aliphatic heterocycles. The van der Waals surface area contributed by atoms with Gasteiger partial charge < -0.3 is 4.74 Å². The predicted octanol–water partition coefficient (Wildman–Crippen LogP) is 4.06. The van der Waals surface area contributed by atoms with E-state index in [1.165, 1.54) is 12.1 Å². The molecular weight excluding hydrogens is 417 g/mol. The minimum absolute atomic E-state index is 0.250. The molecular formula is C16H11F2IN2O2. The highest BCUT2D eigenvalue weighted by Crippen LogP contribution is 2.28. The smallest absolute Gasteiger partial charge is 0.341 e. The van der Waals surface area contributed by atoms with Crippen molar-refractivity contribution in [2.24, 2.45) is 0 Å². The maximum atomic E-state index is 13.5. The second kappa shape index (κ2) is 6.23. The van der Waals surface area contributed by atoms with Gasteiger partial charge in [0.05, 0.1) is 6.61 Å². The van der Waals surface area contributed by atoms with E-state index in [4.69, 9.17) is 4.74 Å². The molecule has 3 rings (SSSR count). The molecule has 1 aromatic carbocycles. The number of ether oxygens (including phenoxy) is 1. The Morgan fingerprint density at radius 1 is 1.30 bits per heavy atom. The van der Waals surface area contributed by atoms with Crippen LogP contribution in [0.2, 0.25) is 0 Å². The van der Waals surface area contributed by atoms with Crippen molar-refractivity contribution in [1.29, 1.82) is 0 Å². The van der Waals surface area contributed by atoms with Crippen LogP contribution in [0.25, 0.3) is 16.9 Å². The third-order valence-electron chi connectivity index (χ3n) is 3.22. The van der Waals surface area contributed by atoms with Crippen LogP contribution in [0.4, 0.5) is 8.78 Å². The van der Waals surface area contributed by atoms with Crippen LogP contribution in [0.5, 0.6) is 0 Å². The predicted molar refractivity (Wildman–Crippen MR) is 89.2 cm³/mol. The summed E-state index contributed by atoms with van der Waals surface area (Å²) in [7, 11) is 0. The Morgan fingerprint density at radius 3 is 2.65 bits per heavy atom. The molecule has 0 saturated heterocycles. The number of aromatic nitrogens is 2. The largest absolute Gasteiger partial charge is 0.462 e. The number of esters is 1. The summed E-state index contributed by atoms with van der Waals surface area (Å²) in [6.07, 6.45) is 1.73. The van der Waals surface area contributed by atoms with Crippen molar-refractivity contribution in [3.05, 3.63) is 57.4 Å². The SMILES string of the molecule is CCOC(=O)c1cccn2c(I)c(-c3cc(F)cc(F)c3)nc12. The number of nitrogens with zero attached hydrogens (tertiary/aromatic N) is 2. The summed E-state index contributed by atoms with van der Waals surface area (Å²) in [4.78, 5) is 16.4. The van der Waals surface area contributed by atoms with Crippen LogP contribution in [0.1, 0.15) is 17.3 Å². The van der Waals surface area contributed by atoms with Gasteiger partial charge in [0.2, 0.25) is 0 Å². The van der Waals surface area contributed by atoms with Gasteiger partial charge >= 0.3 is 5.97 Å². The third kappa shape index (κ3) is 2.92. The summed E-state index contributed by atoms with van der Waals surface area (Å²) in [6, 6.07) is 6.51. The molecule has 0 atom stereocenters. The molecule has 0 N–H and O–H groups in total. The molecule has 118 valence electrons. The van der Waals surface area contributed by atoms with E-state index in [9.17, 15) is 13.6 Å². The molecule has 0 aliphatic rings. The molecule has 3 aromatic rings. The van der Waals surface area contributed by atoms with Crippen LogP contribution in [-0.4, -0.2) is 22.0 Å². The van der Waals surface area contributed by atoms with E-state index >= 15 is 0 Å². The zero-order chi connectivity index (χ0) is 16.6. The summed E-state index contributed by atoms with van der Waals surface area (Å²) < 4.78 is 34.3. The highest BCUT2D eigenvalue weighted by molar-refractivity contribution is 14.1. The summed E-state index contributed by atoms with van der Waals surface area (Å²) >= 11 is 2.03. The first-order valence-corrected chi connectivity index (χ1v) is 7.89. The van der Waals surface area contributed by atoms with Crippen molar-refractivity contribution >= 4 is 34.2 Å². The van der Waals surface area contributed by atoms with E-state index in [-0.39, 0.29) is 6.61 Å². The lowest BCUT2D eigenvalue weighted by atomic mass is 10.1. The molecule has 2 aromatic heterocycles. The fourth-order valence-corrected chi connectivity index (χ4v) is 3.10. The normalized spacial score (nSPS) is 11.0. The van der Waals surface area contributed by atoms with Gasteiger partial charge in [-0.05, 0) is 53.8 Å². The van der Waals surface area contributed by atoms with Crippen molar-refractivity contribution in [2.75, 3.05) is 6.61 Å². The van der Waals surface area contributed by atoms with Crippen LogP contribution in [-0.2, 0) is 4.74 Å². The summed E-state index contributed by atoms with van der Waals surface area (Å²) in [6.45, 7) is 1.97. The molecule has 2 heterocycles. The molecule has 0 spiro atoms. The fraction of sp³-hybridized carbons (Fsp3) is 0.125. The number of pyridine rings is 1. The zero-order valence-corrected chi connectivity index (χ0v) is 14.2. The van der Waals surface area contributed by atoms with E-state index < -0.39 is 17.6 Å². The molecule has 0 unspecified atom stereocenters. The first-order valence-electron chi connectivity index (χ1n) is 6.81. The first kappa shape index (κ1) is 15.9. The molecule has 0 fully saturated rings. The standard InChI is InChI=1S/C16H11F2IN2O2/c1-2-23-16(22)12-4-3-5-21-14(19)13(20-15(12)21)9-6-10(17)8-11(18)7-9/h3-8H,2H2,1H3. The summed E-state index contributed by atoms with van der Waals surface area (Å²) in [5.41, 5.74) is 1.40. The lowest BCUT2D eigenvalue weighted by Gasteiger charge is -2.03. The molecule has 4 nitrogen and oxygen atoms in total. The molecule has 7 heteroatoms. The number of imidazole rings is 1. The maximum absolute atomic E-state index is 13.5. The van der Waals surface area contributed by atoms with Crippen molar-refractivity contribution in [2.45, 2.75) is 6.92 Å². The lowest BCUT2D eigenvalue weighted by Crippen LogP contribution is -2.06. The number of benzene rings is 1. The average molecular weight is 428 g/mol. The molecule has 0 saturated carbocycles. The van der Waals surface area contributed by atoms with Gasteiger partial charge in [-0.25, -0.2) is 18.6 Å². The Hall–Kier alpha value is -2.03. The Labute approximate surface area is 144 Å². The van der Waals surface area contributed by atoms with Gasteiger partial charge in [-0.2, -0.15) is 0 Å². The Balaban J connectivity index is 2.22. The topological polar surface area (TPSA) is 43.6 Å². The summed E-state index contributed by atoms with van der Waals surface area (Å²) in [5.74, 6) is -1.85. The number of halogens is 3. The van der Waals surface area contributed by atoms with Gasteiger partial charge in [-0.3, -0.25) is 4.40 Å². The van der Waals surface area contributed by atoms with Crippen LogP contribution in [0, 0.1) is 15.3 Å². The lowest BCUT2D eigenvalue weighted by molar-refractivity contribution is 0.0528. The molecule has 0 bridgehead atoms. The van der Waals surface area contributed by atoms with Crippen molar-refractivity contribution in [3.63, 3.8) is 0 Å². The van der Waals surface area contributed by atoms with Crippen LogP contribution in [0.3, 0.4) is 0 Å². The number of hydrogen-bond donors (Lipinski definition) is 0. The minimum atomic E-state index is -0.682.